The van der Waals surface area contributed by atoms with Gasteiger partial charge in [0.25, 0.3) is 0 Å². The third-order valence-electron chi connectivity index (χ3n) is 2.22. The Balaban J connectivity index is 2.72. The molecule has 0 aliphatic heterocycles. The van der Waals surface area contributed by atoms with Crippen molar-refractivity contribution in [2.45, 2.75) is 26.4 Å². The monoisotopic (exact) mass is 239 g/mol. The van der Waals surface area contributed by atoms with Gasteiger partial charge in [-0.1, -0.05) is 13.0 Å². The molecule has 1 unspecified atom stereocenters. The van der Waals surface area contributed by atoms with Gasteiger partial charge in [-0.3, -0.25) is 0 Å². The van der Waals surface area contributed by atoms with Crippen LogP contribution in [0.2, 0.25) is 0 Å². The van der Waals surface area contributed by atoms with Crippen LogP contribution in [-0.4, -0.2) is 26.4 Å². The molecule has 4 heteroatoms. The smallest absolute Gasteiger partial charge is 0.146 e. The van der Waals surface area contributed by atoms with E-state index in [1.165, 1.54) is 0 Å². The van der Waals surface area contributed by atoms with Crippen LogP contribution in [0.3, 0.4) is 0 Å². The van der Waals surface area contributed by atoms with Crippen molar-refractivity contribution in [3.8, 4) is 11.5 Å². The van der Waals surface area contributed by atoms with E-state index < -0.39 is 0 Å². The second-order valence-corrected chi connectivity index (χ2v) is 3.90. The van der Waals surface area contributed by atoms with Crippen molar-refractivity contribution in [1.82, 2.24) is 0 Å². The van der Waals surface area contributed by atoms with E-state index in [1.807, 2.05) is 25.1 Å². The van der Waals surface area contributed by atoms with Gasteiger partial charge in [0.15, 0.2) is 0 Å². The highest BCUT2D eigenvalue weighted by molar-refractivity contribution is 5.62. The number of rotatable bonds is 7. The van der Waals surface area contributed by atoms with Gasteiger partial charge in [-0.15, -0.1) is 0 Å². The maximum atomic E-state index is 5.98. The van der Waals surface area contributed by atoms with Gasteiger partial charge in [-0.25, -0.2) is 0 Å². The molecule has 1 aromatic carbocycles. The molecule has 1 aromatic rings. The Kier molecular flexibility index (Phi) is 5.63. The Hall–Kier alpha value is -1.42. The molecule has 96 valence electrons. The summed E-state index contributed by atoms with van der Waals surface area (Å²) in [5, 5.41) is 0. The maximum Gasteiger partial charge on any atom is 0.146 e. The molecule has 0 saturated carbocycles. The van der Waals surface area contributed by atoms with Crippen molar-refractivity contribution in [1.29, 1.82) is 0 Å². The van der Waals surface area contributed by atoms with E-state index in [9.17, 15) is 0 Å². The molecule has 0 fully saturated rings. The Bertz CT molecular complexity index is 341. The summed E-state index contributed by atoms with van der Waals surface area (Å²) < 4.78 is 16.2. The minimum Gasteiger partial charge on any atom is -0.491 e. The molecule has 0 spiro atoms. The van der Waals surface area contributed by atoms with Crippen LogP contribution < -0.4 is 15.2 Å². The molecule has 0 saturated heterocycles. The quantitative estimate of drug-likeness (QED) is 0.743. The minimum absolute atomic E-state index is 0.0382. The maximum absolute atomic E-state index is 5.98. The zero-order valence-electron chi connectivity index (χ0n) is 10.7. The Morgan fingerprint density at radius 1 is 1.29 bits per heavy atom. The number of methoxy groups -OCH3 is 1. The van der Waals surface area contributed by atoms with Gasteiger partial charge in [0.2, 0.25) is 0 Å². The molecular formula is C13H21NO3. The van der Waals surface area contributed by atoms with Crippen molar-refractivity contribution in [2.24, 2.45) is 0 Å². The van der Waals surface area contributed by atoms with E-state index in [-0.39, 0.29) is 6.10 Å². The van der Waals surface area contributed by atoms with Gasteiger partial charge < -0.3 is 19.9 Å². The van der Waals surface area contributed by atoms with Crippen LogP contribution in [0.5, 0.6) is 11.5 Å². The van der Waals surface area contributed by atoms with E-state index in [0.29, 0.717) is 30.4 Å². The lowest BCUT2D eigenvalue weighted by molar-refractivity contribution is 0.0924. The molecule has 4 nitrogen and oxygen atoms in total. The predicted molar refractivity (Wildman–Crippen MR) is 68.6 cm³/mol. The highest BCUT2D eigenvalue weighted by Gasteiger charge is 2.10. The van der Waals surface area contributed by atoms with Crippen LogP contribution in [0.25, 0.3) is 0 Å². The van der Waals surface area contributed by atoms with Crippen molar-refractivity contribution in [3.63, 3.8) is 0 Å². The summed E-state index contributed by atoms with van der Waals surface area (Å²) in [5.41, 5.74) is 6.52. The summed E-state index contributed by atoms with van der Waals surface area (Å²) >= 11 is 0. The molecule has 0 amide bonds. The fourth-order valence-corrected chi connectivity index (χ4v) is 1.45. The molecule has 0 radical (unpaired) electrons. The number of anilines is 1. The lowest BCUT2D eigenvalue weighted by atomic mass is 10.2. The number of para-hydroxylation sites is 1. The van der Waals surface area contributed by atoms with Gasteiger partial charge in [0.1, 0.15) is 23.3 Å². The standard InChI is InChI=1S/C13H21NO3/c1-4-8-16-11-6-5-7-12(13(11)14)17-10(2)9-15-3/h5-7,10H,4,8-9,14H2,1-3H3. The predicted octanol–water partition coefficient (Wildman–Crippen LogP) is 2.47. The minimum atomic E-state index is -0.0382. The summed E-state index contributed by atoms with van der Waals surface area (Å²) in [6, 6.07) is 5.55. The largest absolute Gasteiger partial charge is 0.491 e. The molecule has 0 bridgehead atoms. The van der Waals surface area contributed by atoms with E-state index in [1.54, 1.807) is 7.11 Å². The van der Waals surface area contributed by atoms with E-state index >= 15 is 0 Å². The number of ether oxygens (including phenoxy) is 3. The second kappa shape index (κ2) is 7.01. The van der Waals surface area contributed by atoms with Gasteiger partial charge in [0, 0.05) is 7.11 Å². The molecule has 17 heavy (non-hydrogen) atoms. The van der Waals surface area contributed by atoms with Crippen molar-refractivity contribution >= 4 is 5.69 Å². The lowest BCUT2D eigenvalue weighted by Gasteiger charge is -2.17. The first-order valence-corrected chi connectivity index (χ1v) is 5.85. The zero-order chi connectivity index (χ0) is 12.7. The molecule has 0 aliphatic rings. The van der Waals surface area contributed by atoms with Gasteiger partial charge in [0.05, 0.1) is 13.2 Å². The van der Waals surface area contributed by atoms with Crippen LogP contribution >= 0.6 is 0 Å². The molecule has 1 atom stereocenters. The normalized spacial score (nSPS) is 12.2. The lowest BCUT2D eigenvalue weighted by Crippen LogP contribution is -2.18. The van der Waals surface area contributed by atoms with E-state index in [4.69, 9.17) is 19.9 Å². The topological polar surface area (TPSA) is 53.7 Å². The van der Waals surface area contributed by atoms with Crippen molar-refractivity contribution in [3.05, 3.63) is 18.2 Å². The Morgan fingerprint density at radius 2 is 2.00 bits per heavy atom. The first-order valence-electron chi connectivity index (χ1n) is 5.85. The third kappa shape index (κ3) is 4.15. The number of benzene rings is 1. The molecular weight excluding hydrogens is 218 g/mol. The molecule has 2 N–H and O–H groups in total. The highest BCUT2D eigenvalue weighted by Crippen LogP contribution is 2.32. The third-order valence-corrected chi connectivity index (χ3v) is 2.22. The number of hydrogen-bond acceptors (Lipinski definition) is 4. The summed E-state index contributed by atoms with van der Waals surface area (Å²) in [6.45, 7) is 5.17. The SMILES string of the molecule is CCCOc1cccc(OC(C)COC)c1N. The first-order chi connectivity index (χ1) is 8.19. The summed E-state index contributed by atoms with van der Waals surface area (Å²) in [6.07, 6.45) is 0.911. The van der Waals surface area contributed by atoms with Gasteiger partial charge in [-0.2, -0.15) is 0 Å². The second-order valence-electron chi connectivity index (χ2n) is 3.90. The molecule has 1 rings (SSSR count). The van der Waals surface area contributed by atoms with Gasteiger partial charge in [-0.05, 0) is 25.5 Å². The van der Waals surface area contributed by atoms with Gasteiger partial charge >= 0.3 is 0 Å². The fraction of sp³-hybridized carbons (Fsp3) is 0.538. The molecule has 0 aromatic heterocycles. The summed E-state index contributed by atoms with van der Waals surface area (Å²) in [4.78, 5) is 0. The van der Waals surface area contributed by atoms with Crippen molar-refractivity contribution in [2.75, 3.05) is 26.1 Å². The molecule has 0 aliphatic carbocycles. The van der Waals surface area contributed by atoms with Crippen LogP contribution in [-0.2, 0) is 4.74 Å². The number of hydrogen-bond donors (Lipinski definition) is 1. The van der Waals surface area contributed by atoms with Crippen LogP contribution in [0.4, 0.5) is 5.69 Å². The summed E-state index contributed by atoms with van der Waals surface area (Å²) in [5.74, 6) is 1.32. The van der Waals surface area contributed by atoms with Crippen LogP contribution in [0.1, 0.15) is 20.3 Å². The summed E-state index contributed by atoms with van der Waals surface area (Å²) in [7, 11) is 1.64. The average Bonchev–Trinajstić information content (AvgIpc) is 2.30. The first kappa shape index (κ1) is 13.6. The highest BCUT2D eigenvalue weighted by atomic mass is 16.5. The zero-order valence-corrected chi connectivity index (χ0v) is 10.7. The Labute approximate surface area is 103 Å². The fourth-order valence-electron chi connectivity index (χ4n) is 1.45. The molecule has 0 heterocycles. The van der Waals surface area contributed by atoms with Crippen LogP contribution in [0, 0.1) is 0 Å². The van der Waals surface area contributed by atoms with Crippen molar-refractivity contribution < 1.29 is 14.2 Å². The number of nitrogens with two attached hydrogens (primary N) is 1. The van der Waals surface area contributed by atoms with E-state index in [2.05, 4.69) is 6.92 Å². The van der Waals surface area contributed by atoms with E-state index in [0.717, 1.165) is 6.42 Å². The average molecular weight is 239 g/mol. The Morgan fingerprint density at radius 3 is 2.65 bits per heavy atom. The number of nitrogen functional groups attached to an aromatic ring is 1. The van der Waals surface area contributed by atoms with Crippen LogP contribution in [0.15, 0.2) is 18.2 Å².